The molecular formula is C13H25N3O3. The first-order valence-electron chi connectivity index (χ1n) is 7.02. The van der Waals surface area contributed by atoms with Crippen LogP contribution in [0, 0.1) is 5.92 Å². The van der Waals surface area contributed by atoms with Crippen molar-refractivity contribution < 1.29 is 14.3 Å². The largest absolute Gasteiger partial charge is 0.383 e. The van der Waals surface area contributed by atoms with Gasteiger partial charge < -0.3 is 20.7 Å². The van der Waals surface area contributed by atoms with Crippen molar-refractivity contribution in [2.45, 2.75) is 32.1 Å². The van der Waals surface area contributed by atoms with Crippen LogP contribution in [-0.4, -0.2) is 45.3 Å². The van der Waals surface area contributed by atoms with Crippen molar-refractivity contribution >= 4 is 11.9 Å². The molecule has 0 aromatic carbocycles. The molecule has 110 valence electrons. The fourth-order valence-electron chi connectivity index (χ4n) is 2.20. The summed E-state index contributed by atoms with van der Waals surface area (Å²) in [7, 11) is 1.58. The molecule has 1 fully saturated rings. The first kappa shape index (κ1) is 15.8. The topological polar surface area (TPSA) is 79.5 Å². The summed E-state index contributed by atoms with van der Waals surface area (Å²) in [6.07, 6.45) is 5.54. The van der Waals surface area contributed by atoms with Crippen LogP contribution in [0.5, 0.6) is 0 Å². The average molecular weight is 271 g/mol. The van der Waals surface area contributed by atoms with Crippen LogP contribution in [0.4, 0.5) is 4.79 Å². The van der Waals surface area contributed by atoms with E-state index in [2.05, 4.69) is 16.0 Å². The Labute approximate surface area is 114 Å². The molecule has 0 spiro atoms. The summed E-state index contributed by atoms with van der Waals surface area (Å²) in [5, 5.41) is 8.20. The van der Waals surface area contributed by atoms with Crippen LogP contribution in [0.1, 0.15) is 32.1 Å². The van der Waals surface area contributed by atoms with Gasteiger partial charge in [0, 0.05) is 32.7 Å². The number of amides is 3. The van der Waals surface area contributed by atoms with Crippen LogP contribution in [-0.2, 0) is 9.53 Å². The van der Waals surface area contributed by atoms with Crippen molar-refractivity contribution in [2.24, 2.45) is 5.92 Å². The number of rotatable bonds is 7. The SMILES string of the molecule is COCCNC(=O)NCCNC(=O)C1CCCCC1. The van der Waals surface area contributed by atoms with Gasteiger partial charge in [-0.1, -0.05) is 19.3 Å². The summed E-state index contributed by atoms with van der Waals surface area (Å²) in [5.74, 6) is 0.297. The van der Waals surface area contributed by atoms with Gasteiger partial charge >= 0.3 is 6.03 Å². The van der Waals surface area contributed by atoms with Crippen LogP contribution >= 0.6 is 0 Å². The zero-order valence-electron chi connectivity index (χ0n) is 11.7. The molecule has 3 N–H and O–H groups in total. The van der Waals surface area contributed by atoms with Crippen molar-refractivity contribution in [1.29, 1.82) is 0 Å². The normalized spacial score (nSPS) is 15.8. The Morgan fingerprint density at radius 3 is 2.32 bits per heavy atom. The summed E-state index contributed by atoms with van der Waals surface area (Å²) in [6.45, 7) is 1.90. The second-order valence-corrected chi connectivity index (χ2v) is 4.80. The van der Waals surface area contributed by atoms with E-state index < -0.39 is 0 Å². The molecule has 19 heavy (non-hydrogen) atoms. The lowest BCUT2D eigenvalue weighted by Crippen LogP contribution is -2.42. The second-order valence-electron chi connectivity index (χ2n) is 4.80. The molecule has 0 bridgehead atoms. The summed E-state index contributed by atoms with van der Waals surface area (Å²) in [6, 6.07) is -0.232. The maximum Gasteiger partial charge on any atom is 0.314 e. The van der Waals surface area contributed by atoms with Gasteiger partial charge in [0.2, 0.25) is 5.91 Å². The summed E-state index contributed by atoms with van der Waals surface area (Å²) < 4.78 is 4.82. The third-order valence-corrected chi connectivity index (χ3v) is 3.28. The quantitative estimate of drug-likeness (QED) is 0.594. The molecule has 0 heterocycles. The molecule has 0 aliphatic heterocycles. The van der Waals surface area contributed by atoms with Gasteiger partial charge in [0.1, 0.15) is 0 Å². The molecule has 0 aromatic heterocycles. The molecule has 1 saturated carbocycles. The molecule has 0 unspecified atom stereocenters. The van der Waals surface area contributed by atoms with Crippen LogP contribution in [0.2, 0.25) is 0 Å². The summed E-state index contributed by atoms with van der Waals surface area (Å²) in [4.78, 5) is 23.1. The lowest BCUT2D eigenvalue weighted by molar-refractivity contribution is -0.125. The molecule has 1 rings (SSSR count). The molecular weight excluding hydrogens is 246 g/mol. The van der Waals surface area contributed by atoms with E-state index in [1.54, 1.807) is 7.11 Å². The fraction of sp³-hybridized carbons (Fsp3) is 0.846. The van der Waals surface area contributed by atoms with Gasteiger partial charge in [-0.3, -0.25) is 4.79 Å². The van der Waals surface area contributed by atoms with Gasteiger partial charge in [0.25, 0.3) is 0 Å². The third kappa shape index (κ3) is 7.00. The summed E-state index contributed by atoms with van der Waals surface area (Å²) in [5.41, 5.74) is 0. The van der Waals surface area contributed by atoms with E-state index in [1.807, 2.05) is 0 Å². The highest BCUT2D eigenvalue weighted by Crippen LogP contribution is 2.23. The van der Waals surface area contributed by atoms with E-state index in [4.69, 9.17) is 4.74 Å². The lowest BCUT2D eigenvalue weighted by Gasteiger charge is -2.20. The van der Waals surface area contributed by atoms with Crippen LogP contribution < -0.4 is 16.0 Å². The monoisotopic (exact) mass is 271 g/mol. The minimum Gasteiger partial charge on any atom is -0.383 e. The van der Waals surface area contributed by atoms with Crippen LogP contribution in [0.25, 0.3) is 0 Å². The first-order valence-corrected chi connectivity index (χ1v) is 7.02. The predicted molar refractivity (Wildman–Crippen MR) is 72.9 cm³/mol. The third-order valence-electron chi connectivity index (χ3n) is 3.28. The molecule has 0 saturated heterocycles. The molecule has 3 amide bonds. The highest BCUT2D eigenvalue weighted by atomic mass is 16.5. The van der Waals surface area contributed by atoms with Crippen molar-refractivity contribution in [1.82, 2.24) is 16.0 Å². The molecule has 0 aromatic rings. The Morgan fingerprint density at radius 1 is 1.00 bits per heavy atom. The van der Waals surface area contributed by atoms with Gasteiger partial charge in [-0.25, -0.2) is 4.79 Å². The van der Waals surface area contributed by atoms with Crippen LogP contribution in [0.15, 0.2) is 0 Å². The molecule has 6 heteroatoms. The summed E-state index contributed by atoms with van der Waals surface area (Å²) >= 11 is 0. The Bertz CT molecular complexity index is 278. The van der Waals surface area contributed by atoms with Crippen LogP contribution in [0.3, 0.4) is 0 Å². The highest BCUT2D eigenvalue weighted by Gasteiger charge is 2.20. The van der Waals surface area contributed by atoms with E-state index in [9.17, 15) is 9.59 Å². The van der Waals surface area contributed by atoms with Gasteiger partial charge in [0.05, 0.1) is 6.61 Å². The average Bonchev–Trinajstić information content (AvgIpc) is 2.44. The van der Waals surface area contributed by atoms with Gasteiger partial charge in [-0.15, -0.1) is 0 Å². The van der Waals surface area contributed by atoms with Gasteiger partial charge in [-0.2, -0.15) is 0 Å². The van der Waals surface area contributed by atoms with Crippen molar-refractivity contribution in [3.8, 4) is 0 Å². The molecule has 1 aliphatic carbocycles. The fourth-order valence-corrected chi connectivity index (χ4v) is 2.20. The molecule has 0 radical (unpaired) electrons. The molecule has 1 aliphatic rings. The highest BCUT2D eigenvalue weighted by molar-refractivity contribution is 5.78. The van der Waals surface area contributed by atoms with Crippen molar-refractivity contribution in [3.05, 3.63) is 0 Å². The predicted octanol–water partition coefficient (Wildman–Crippen LogP) is 0.628. The zero-order chi connectivity index (χ0) is 13.9. The number of carbonyl (C=O) groups is 2. The number of nitrogens with one attached hydrogen (secondary N) is 3. The van der Waals surface area contributed by atoms with E-state index >= 15 is 0 Å². The van der Waals surface area contributed by atoms with E-state index in [0.29, 0.717) is 26.2 Å². The first-order chi connectivity index (χ1) is 9.24. The lowest BCUT2D eigenvalue weighted by atomic mass is 9.89. The minimum absolute atomic E-state index is 0.126. The maximum atomic E-state index is 11.8. The van der Waals surface area contributed by atoms with E-state index in [-0.39, 0.29) is 17.9 Å². The Kier molecular flexibility index (Phi) is 7.97. The van der Waals surface area contributed by atoms with Gasteiger partial charge in [-0.05, 0) is 12.8 Å². The smallest absolute Gasteiger partial charge is 0.314 e. The Hall–Kier alpha value is -1.30. The number of urea groups is 1. The number of hydrogen-bond acceptors (Lipinski definition) is 3. The second kappa shape index (κ2) is 9.61. The number of hydrogen-bond donors (Lipinski definition) is 3. The maximum absolute atomic E-state index is 11.8. The number of methoxy groups -OCH3 is 1. The van der Waals surface area contributed by atoms with Gasteiger partial charge in [0.15, 0.2) is 0 Å². The number of ether oxygens (including phenoxy) is 1. The molecule has 0 atom stereocenters. The minimum atomic E-state index is -0.232. The van der Waals surface area contributed by atoms with Crippen molar-refractivity contribution in [3.63, 3.8) is 0 Å². The van der Waals surface area contributed by atoms with E-state index in [1.165, 1.54) is 6.42 Å². The Morgan fingerprint density at radius 2 is 1.63 bits per heavy atom. The Balaban J connectivity index is 2.00. The molecule has 6 nitrogen and oxygen atoms in total. The van der Waals surface area contributed by atoms with Crippen molar-refractivity contribution in [2.75, 3.05) is 33.4 Å². The zero-order valence-corrected chi connectivity index (χ0v) is 11.7. The van der Waals surface area contributed by atoms with E-state index in [0.717, 1.165) is 25.7 Å². The standard InChI is InChI=1S/C13H25N3O3/c1-19-10-9-16-13(18)15-8-7-14-12(17)11-5-3-2-4-6-11/h11H,2-10H2,1H3,(H,14,17)(H2,15,16,18). The number of carbonyl (C=O) groups excluding carboxylic acids is 2.